The van der Waals surface area contributed by atoms with E-state index in [0.717, 1.165) is 16.9 Å². The molecule has 3 rings (SSSR count). The summed E-state index contributed by atoms with van der Waals surface area (Å²) in [5.41, 5.74) is 1.81. The van der Waals surface area contributed by atoms with Crippen molar-refractivity contribution in [3.05, 3.63) is 89.0 Å². The first-order valence-electron chi connectivity index (χ1n) is 12.9. The van der Waals surface area contributed by atoms with Crippen LogP contribution in [-0.4, -0.2) is 23.0 Å². The number of carbonyl (C=O) groups excluding carboxylic acids is 2. The maximum atomic E-state index is 13.1. The van der Waals surface area contributed by atoms with Crippen LogP contribution < -0.4 is 9.47 Å². The first-order chi connectivity index (χ1) is 17.4. The molecule has 0 aliphatic carbocycles. The zero-order valence-electron chi connectivity index (χ0n) is 22.9. The molecular formula is C32H38O5. The highest BCUT2D eigenvalue weighted by atomic mass is 16.5. The second kappa shape index (κ2) is 11.2. The Morgan fingerprint density at radius 3 is 1.76 bits per heavy atom. The lowest BCUT2D eigenvalue weighted by molar-refractivity contribution is 0.0734. The van der Waals surface area contributed by atoms with Crippen LogP contribution in [0.15, 0.2) is 66.7 Å². The van der Waals surface area contributed by atoms with E-state index in [4.69, 9.17) is 9.47 Å². The Morgan fingerprint density at radius 2 is 1.27 bits per heavy atom. The van der Waals surface area contributed by atoms with E-state index in [-0.39, 0.29) is 28.6 Å². The molecule has 0 unspecified atom stereocenters. The predicted octanol–water partition coefficient (Wildman–Crippen LogP) is 7.73. The average Bonchev–Trinajstić information content (AvgIpc) is 2.87. The monoisotopic (exact) mass is 502 g/mol. The Kier molecular flexibility index (Phi) is 8.47. The van der Waals surface area contributed by atoms with E-state index in [9.17, 15) is 14.7 Å². The van der Waals surface area contributed by atoms with Gasteiger partial charge in [0.2, 0.25) is 0 Å². The summed E-state index contributed by atoms with van der Waals surface area (Å²) in [6.07, 6.45) is 1.45. The van der Waals surface area contributed by atoms with Crippen molar-refractivity contribution in [2.24, 2.45) is 5.41 Å². The van der Waals surface area contributed by atoms with Gasteiger partial charge in [0, 0.05) is 16.4 Å². The van der Waals surface area contributed by atoms with Gasteiger partial charge in [0.1, 0.15) is 17.2 Å². The first kappa shape index (κ1) is 28.0. The van der Waals surface area contributed by atoms with E-state index >= 15 is 0 Å². The standard InChI is InChI=1S/C32H38O5/c1-8-32(7,9-2)29(34)22-18-23(20-26(33)19-22)30(35)37-28-16-12-25(13-17-28)31(5,6)24-10-14-27(15-11-24)36-21(3)4/h10-21,33H,8-9H2,1-7H3. The lowest BCUT2D eigenvalue weighted by Gasteiger charge is -2.26. The number of hydrogen-bond donors (Lipinski definition) is 1. The minimum atomic E-state index is -0.632. The molecule has 0 spiro atoms. The number of rotatable bonds is 10. The Labute approximate surface area is 220 Å². The van der Waals surface area contributed by atoms with Crippen LogP contribution in [0.5, 0.6) is 17.2 Å². The molecule has 0 aromatic heterocycles. The molecule has 0 atom stereocenters. The molecule has 0 bridgehead atoms. The van der Waals surface area contributed by atoms with Gasteiger partial charge in [-0.15, -0.1) is 0 Å². The van der Waals surface area contributed by atoms with Gasteiger partial charge >= 0.3 is 5.97 Å². The van der Waals surface area contributed by atoms with Crippen molar-refractivity contribution >= 4 is 11.8 Å². The van der Waals surface area contributed by atoms with E-state index < -0.39 is 11.4 Å². The highest BCUT2D eigenvalue weighted by molar-refractivity contribution is 6.03. The molecule has 0 amide bonds. The van der Waals surface area contributed by atoms with Crippen molar-refractivity contribution < 1.29 is 24.2 Å². The zero-order valence-corrected chi connectivity index (χ0v) is 22.9. The van der Waals surface area contributed by atoms with E-state index in [1.165, 1.54) is 18.2 Å². The third-order valence-electron chi connectivity index (χ3n) is 7.26. The lowest BCUT2D eigenvalue weighted by atomic mass is 9.77. The molecule has 0 heterocycles. The van der Waals surface area contributed by atoms with Crippen LogP contribution in [0.3, 0.4) is 0 Å². The second-order valence-corrected chi connectivity index (χ2v) is 10.6. The molecule has 5 heteroatoms. The van der Waals surface area contributed by atoms with Crippen LogP contribution >= 0.6 is 0 Å². The Hall–Kier alpha value is -3.60. The van der Waals surface area contributed by atoms with Crippen molar-refractivity contribution in [3.8, 4) is 17.2 Å². The third-order valence-corrected chi connectivity index (χ3v) is 7.26. The number of aromatic hydroxyl groups is 1. The quantitative estimate of drug-likeness (QED) is 0.174. The van der Waals surface area contributed by atoms with Crippen LogP contribution in [0.2, 0.25) is 0 Å². The zero-order chi connectivity index (χ0) is 27.4. The van der Waals surface area contributed by atoms with Gasteiger partial charge in [-0.3, -0.25) is 4.79 Å². The summed E-state index contributed by atoms with van der Waals surface area (Å²) in [5.74, 6) is 0.343. The van der Waals surface area contributed by atoms with Gasteiger partial charge in [-0.1, -0.05) is 58.9 Å². The minimum Gasteiger partial charge on any atom is -0.508 e. The van der Waals surface area contributed by atoms with Gasteiger partial charge < -0.3 is 14.6 Å². The van der Waals surface area contributed by atoms with Crippen molar-refractivity contribution in [3.63, 3.8) is 0 Å². The maximum Gasteiger partial charge on any atom is 0.343 e. The highest BCUT2D eigenvalue weighted by Gasteiger charge is 2.31. The summed E-state index contributed by atoms with van der Waals surface area (Å²) in [5, 5.41) is 10.2. The molecule has 0 fully saturated rings. The number of benzene rings is 3. The number of ether oxygens (including phenoxy) is 2. The summed E-state index contributed by atoms with van der Waals surface area (Å²) in [7, 11) is 0. The van der Waals surface area contributed by atoms with E-state index in [2.05, 4.69) is 26.0 Å². The summed E-state index contributed by atoms with van der Waals surface area (Å²) in [4.78, 5) is 25.9. The molecule has 5 nitrogen and oxygen atoms in total. The summed E-state index contributed by atoms with van der Waals surface area (Å²) in [6.45, 7) is 14.1. The highest BCUT2D eigenvalue weighted by Crippen LogP contribution is 2.34. The number of phenolic OH excluding ortho intramolecular Hbond substituents is 1. The largest absolute Gasteiger partial charge is 0.508 e. The second-order valence-electron chi connectivity index (χ2n) is 10.6. The molecule has 0 saturated carbocycles. The van der Waals surface area contributed by atoms with Crippen LogP contribution in [0.4, 0.5) is 0 Å². The number of Topliss-reactive ketones (excluding diaryl/α,β-unsaturated/α-hetero) is 1. The van der Waals surface area contributed by atoms with Gasteiger partial charge in [0.15, 0.2) is 5.78 Å². The van der Waals surface area contributed by atoms with E-state index in [1.807, 2.05) is 58.9 Å². The molecule has 0 saturated heterocycles. The molecule has 0 radical (unpaired) electrons. The summed E-state index contributed by atoms with van der Waals surface area (Å²) < 4.78 is 11.3. The molecule has 0 aliphatic heterocycles. The van der Waals surface area contributed by atoms with Crippen LogP contribution in [0.1, 0.15) is 93.2 Å². The van der Waals surface area contributed by atoms with Crippen molar-refractivity contribution in [2.45, 2.75) is 72.8 Å². The summed E-state index contributed by atoms with van der Waals surface area (Å²) >= 11 is 0. The molecule has 3 aromatic carbocycles. The number of phenols is 1. The van der Waals surface area contributed by atoms with E-state index in [0.29, 0.717) is 24.2 Å². The number of esters is 1. The molecule has 0 aliphatic rings. The molecule has 37 heavy (non-hydrogen) atoms. The van der Waals surface area contributed by atoms with Crippen molar-refractivity contribution in [1.29, 1.82) is 0 Å². The van der Waals surface area contributed by atoms with Gasteiger partial charge in [0.25, 0.3) is 0 Å². The number of hydrogen-bond acceptors (Lipinski definition) is 5. The van der Waals surface area contributed by atoms with Gasteiger partial charge in [-0.2, -0.15) is 0 Å². The van der Waals surface area contributed by atoms with Crippen molar-refractivity contribution in [2.75, 3.05) is 0 Å². The fourth-order valence-corrected chi connectivity index (χ4v) is 4.27. The summed E-state index contributed by atoms with van der Waals surface area (Å²) in [6, 6.07) is 19.7. The number of carbonyl (C=O) groups is 2. The SMILES string of the molecule is CCC(C)(CC)C(=O)c1cc(O)cc(C(=O)Oc2ccc(C(C)(C)c3ccc(OC(C)C)cc3)cc2)c1. The fraction of sp³-hybridized carbons (Fsp3) is 0.375. The predicted molar refractivity (Wildman–Crippen MR) is 147 cm³/mol. The molecule has 196 valence electrons. The molecule has 1 N–H and O–H groups in total. The topological polar surface area (TPSA) is 72.8 Å². The van der Waals surface area contributed by atoms with Gasteiger partial charge in [-0.25, -0.2) is 4.79 Å². The van der Waals surface area contributed by atoms with Gasteiger partial charge in [-0.05, 0) is 80.3 Å². The van der Waals surface area contributed by atoms with E-state index in [1.54, 1.807) is 12.1 Å². The molecule has 3 aromatic rings. The maximum absolute atomic E-state index is 13.1. The lowest BCUT2D eigenvalue weighted by Crippen LogP contribution is -2.26. The minimum absolute atomic E-state index is 0.0992. The molecular weight excluding hydrogens is 464 g/mol. The smallest absolute Gasteiger partial charge is 0.343 e. The number of ketones is 1. The Balaban J connectivity index is 1.77. The fourth-order valence-electron chi connectivity index (χ4n) is 4.27. The van der Waals surface area contributed by atoms with Crippen molar-refractivity contribution in [1.82, 2.24) is 0 Å². The van der Waals surface area contributed by atoms with Crippen LogP contribution in [0, 0.1) is 5.41 Å². The average molecular weight is 503 g/mol. The van der Waals surface area contributed by atoms with Crippen LogP contribution in [-0.2, 0) is 5.41 Å². The van der Waals surface area contributed by atoms with Crippen LogP contribution in [0.25, 0.3) is 0 Å². The Bertz CT molecular complexity index is 1230. The normalized spacial score (nSPS) is 11.9. The van der Waals surface area contributed by atoms with Gasteiger partial charge in [0.05, 0.1) is 11.7 Å². The first-order valence-corrected chi connectivity index (χ1v) is 12.9. The third kappa shape index (κ3) is 6.40. The Morgan fingerprint density at radius 1 is 0.784 bits per heavy atom.